The largest absolute Gasteiger partial charge is 0.497 e. The summed E-state index contributed by atoms with van der Waals surface area (Å²) >= 11 is 0. The first-order chi connectivity index (χ1) is 13.6. The minimum Gasteiger partial charge on any atom is -0.497 e. The monoisotopic (exact) mass is 387 g/mol. The molecule has 0 saturated heterocycles. The summed E-state index contributed by atoms with van der Waals surface area (Å²) in [5.41, 5.74) is 2.02. The van der Waals surface area contributed by atoms with Crippen LogP contribution in [0.1, 0.15) is 11.1 Å². The Morgan fingerprint density at radius 2 is 1.68 bits per heavy atom. The second-order valence-corrected chi connectivity index (χ2v) is 6.09. The van der Waals surface area contributed by atoms with Crippen LogP contribution in [0.2, 0.25) is 0 Å². The predicted octanol–water partition coefficient (Wildman–Crippen LogP) is 2.93. The zero-order valence-electron chi connectivity index (χ0n) is 17.4. The zero-order valence-corrected chi connectivity index (χ0v) is 17.4. The zero-order chi connectivity index (χ0) is 20.5. The highest BCUT2D eigenvalue weighted by molar-refractivity contribution is 5.79. The van der Waals surface area contributed by atoms with E-state index in [1.54, 1.807) is 35.5 Å². The molecule has 2 rings (SSSR count). The first-order valence-corrected chi connectivity index (χ1v) is 8.90. The average Bonchev–Trinajstić information content (AvgIpc) is 2.73. The molecule has 0 unspecified atom stereocenters. The third-order valence-electron chi connectivity index (χ3n) is 4.40. The van der Waals surface area contributed by atoms with Crippen molar-refractivity contribution in [2.45, 2.75) is 13.1 Å². The summed E-state index contributed by atoms with van der Waals surface area (Å²) in [4.78, 5) is 6.41. The molecule has 0 aliphatic heterocycles. The molecule has 0 saturated carbocycles. The first kappa shape index (κ1) is 21.2. The van der Waals surface area contributed by atoms with Crippen molar-refractivity contribution in [3.8, 4) is 23.0 Å². The van der Waals surface area contributed by atoms with Crippen molar-refractivity contribution < 1.29 is 18.9 Å². The minimum absolute atomic E-state index is 0.553. The Kier molecular flexibility index (Phi) is 7.80. The molecule has 0 radical (unpaired) electrons. The molecule has 0 aliphatic carbocycles. The molecule has 2 aromatic rings. The lowest BCUT2D eigenvalue weighted by Crippen LogP contribution is -2.38. The SMILES string of the molecule is CN=C(NCc1cccc(OC)c1OC)N(C)Cc1ccc(OC)cc1OC. The molecule has 2 aromatic carbocycles. The molecule has 0 heterocycles. The second kappa shape index (κ2) is 10.3. The molecule has 0 fully saturated rings. The van der Waals surface area contributed by atoms with Crippen molar-refractivity contribution in [2.75, 3.05) is 42.5 Å². The van der Waals surface area contributed by atoms with Crippen molar-refractivity contribution in [2.24, 2.45) is 4.99 Å². The predicted molar refractivity (Wildman–Crippen MR) is 111 cm³/mol. The lowest BCUT2D eigenvalue weighted by molar-refractivity contribution is 0.351. The molecule has 0 aliphatic rings. The second-order valence-electron chi connectivity index (χ2n) is 6.09. The highest BCUT2D eigenvalue weighted by Crippen LogP contribution is 2.30. The first-order valence-electron chi connectivity index (χ1n) is 8.90. The summed E-state index contributed by atoms with van der Waals surface area (Å²) in [7, 11) is 10.3. The van der Waals surface area contributed by atoms with Gasteiger partial charge in [-0.25, -0.2) is 0 Å². The Morgan fingerprint density at radius 3 is 2.29 bits per heavy atom. The van der Waals surface area contributed by atoms with Crippen molar-refractivity contribution in [3.05, 3.63) is 47.5 Å². The summed E-state index contributed by atoms with van der Waals surface area (Å²) in [6.07, 6.45) is 0. The Bertz CT molecular complexity index is 808. The van der Waals surface area contributed by atoms with Gasteiger partial charge >= 0.3 is 0 Å². The van der Waals surface area contributed by atoms with E-state index in [2.05, 4.69) is 10.3 Å². The van der Waals surface area contributed by atoms with E-state index in [0.29, 0.717) is 24.6 Å². The normalized spacial score (nSPS) is 11.0. The Morgan fingerprint density at radius 1 is 0.929 bits per heavy atom. The topological polar surface area (TPSA) is 64.6 Å². The van der Waals surface area contributed by atoms with E-state index in [9.17, 15) is 0 Å². The number of para-hydroxylation sites is 1. The van der Waals surface area contributed by atoms with Gasteiger partial charge in [-0.1, -0.05) is 12.1 Å². The number of nitrogens with one attached hydrogen (secondary N) is 1. The fourth-order valence-corrected chi connectivity index (χ4v) is 2.96. The molecule has 0 bridgehead atoms. The number of hydrogen-bond donors (Lipinski definition) is 1. The summed E-state index contributed by atoms with van der Waals surface area (Å²) in [5, 5.41) is 3.37. The molecule has 0 aromatic heterocycles. The van der Waals surface area contributed by atoms with Gasteiger partial charge in [0.1, 0.15) is 11.5 Å². The summed E-state index contributed by atoms with van der Waals surface area (Å²) in [6.45, 7) is 1.18. The van der Waals surface area contributed by atoms with E-state index < -0.39 is 0 Å². The smallest absolute Gasteiger partial charge is 0.193 e. The van der Waals surface area contributed by atoms with Gasteiger partial charge in [-0.3, -0.25) is 4.99 Å². The fraction of sp³-hybridized carbons (Fsp3) is 0.381. The Balaban J connectivity index is 2.10. The van der Waals surface area contributed by atoms with Gasteiger partial charge in [0.15, 0.2) is 17.5 Å². The maximum Gasteiger partial charge on any atom is 0.193 e. The third-order valence-corrected chi connectivity index (χ3v) is 4.40. The van der Waals surface area contributed by atoms with Crippen LogP contribution in [0.25, 0.3) is 0 Å². The van der Waals surface area contributed by atoms with Crippen LogP contribution >= 0.6 is 0 Å². The van der Waals surface area contributed by atoms with E-state index in [1.165, 1.54) is 0 Å². The number of nitrogens with zero attached hydrogens (tertiary/aromatic N) is 2. The van der Waals surface area contributed by atoms with Crippen molar-refractivity contribution in [1.29, 1.82) is 0 Å². The third kappa shape index (κ3) is 5.00. The van der Waals surface area contributed by atoms with E-state index in [0.717, 1.165) is 28.6 Å². The average molecular weight is 387 g/mol. The lowest BCUT2D eigenvalue weighted by Gasteiger charge is -2.24. The number of ether oxygens (including phenoxy) is 4. The molecular formula is C21H29N3O4. The lowest BCUT2D eigenvalue weighted by atomic mass is 10.1. The van der Waals surface area contributed by atoms with E-state index >= 15 is 0 Å². The minimum atomic E-state index is 0.553. The van der Waals surface area contributed by atoms with Crippen LogP contribution in [0.4, 0.5) is 0 Å². The van der Waals surface area contributed by atoms with Crippen LogP contribution < -0.4 is 24.3 Å². The van der Waals surface area contributed by atoms with Crippen LogP contribution in [-0.2, 0) is 13.1 Å². The quantitative estimate of drug-likeness (QED) is 0.555. The van der Waals surface area contributed by atoms with Crippen LogP contribution in [0, 0.1) is 0 Å². The van der Waals surface area contributed by atoms with E-state index in [1.807, 2.05) is 48.3 Å². The van der Waals surface area contributed by atoms with Gasteiger partial charge < -0.3 is 29.2 Å². The summed E-state index contributed by atoms with van der Waals surface area (Å²) in [5.74, 6) is 3.70. The molecule has 1 N–H and O–H groups in total. The number of rotatable bonds is 8. The molecular weight excluding hydrogens is 358 g/mol. The molecule has 28 heavy (non-hydrogen) atoms. The highest BCUT2D eigenvalue weighted by atomic mass is 16.5. The molecule has 7 nitrogen and oxygen atoms in total. The Hall–Kier alpha value is -3.09. The van der Waals surface area contributed by atoms with Crippen molar-refractivity contribution >= 4 is 5.96 Å². The Labute approximate surface area is 166 Å². The highest BCUT2D eigenvalue weighted by Gasteiger charge is 2.13. The van der Waals surface area contributed by atoms with Gasteiger partial charge in [0, 0.05) is 44.4 Å². The van der Waals surface area contributed by atoms with Gasteiger partial charge in [0.05, 0.1) is 28.4 Å². The summed E-state index contributed by atoms with van der Waals surface area (Å²) in [6, 6.07) is 11.6. The standard InChI is InChI=1S/C21H29N3O4/c1-22-21(23-13-15-8-7-9-18(26-4)20(15)28-6)24(2)14-16-10-11-17(25-3)12-19(16)27-5/h7-12H,13-14H2,1-6H3,(H,22,23). The van der Waals surface area contributed by atoms with Crippen LogP contribution in [0.3, 0.4) is 0 Å². The van der Waals surface area contributed by atoms with Crippen LogP contribution in [-0.4, -0.2) is 53.4 Å². The van der Waals surface area contributed by atoms with Crippen molar-refractivity contribution in [3.63, 3.8) is 0 Å². The number of hydrogen-bond acceptors (Lipinski definition) is 5. The van der Waals surface area contributed by atoms with Gasteiger partial charge in [-0.05, 0) is 18.2 Å². The molecule has 152 valence electrons. The number of guanidine groups is 1. The van der Waals surface area contributed by atoms with Gasteiger partial charge in [-0.15, -0.1) is 0 Å². The molecule has 0 atom stereocenters. The van der Waals surface area contributed by atoms with Crippen LogP contribution in [0.15, 0.2) is 41.4 Å². The van der Waals surface area contributed by atoms with Crippen molar-refractivity contribution in [1.82, 2.24) is 10.2 Å². The molecule has 0 amide bonds. The molecule has 7 heteroatoms. The maximum absolute atomic E-state index is 5.49. The molecule has 0 spiro atoms. The van der Waals surface area contributed by atoms with Gasteiger partial charge in [-0.2, -0.15) is 0 Å². The fourth-order valence-electron chi connectivity index (χ4n) is 2.96. The number of benzene rings is 2. The van der Waals surface area contributed by atoms with Gasteiger partial charge in [0.2, 0.25) is 0 Å². The maximum atomic E-state index is 5.49. The summed E-state index contributed by atoms with van der Waals surface area (Å²) < 4.78 is 21.6. The number of methoxy groups -OCH3 is 4. The van der Waals surface area contributed by atoms with E-state index in [-0.39, 0.29) is 0 Å². The van der Waals surface area contributed by atoms with Crippen LogP contribution in [0.5, 0.6) is 23.0 Å². The van der Waals surface area contributed by atoms with Gasteiger partial charge in [0.25, 0.3) is 0 Å². The van der Waals surface area contributed by atoms with E-state index in [4.69, 9.17) is 18.9 Å². The number of aliphatic imine (C=N–C) groups is 1.